The van der Waals surface area contributed by atoms with E-state index < -0.39 is 17.8 Å². The van der Waals surface area contributed by atoms with Gasteiger partial charge in [0.1, 0.15) is 4.83 Å². The summed E-state index contributed by atoms with van der Waals surface area (Å²) in [6, 6.07) is 5.69. The van der Waals surface area contributed by atoms with E-state index in [1.807, 2.05) is 0 Å². The fraction of sp³-hybridized carbons (Fsp3) is 0.143. The lowest BCUT2D eigenvalue weighted by Gasteiger charge is -2.05. The summed E-state index contributed by atoms with van der Waals surface area (Å²) in [6.45, 7) is 0. The molecule has 0 aliphatic carbocycles. The Morgan fingerprint density at radius 3 is 2.58 bits per heavy atom. The van der Waals surface area contributed by atoms with E-state index >= 15 is 0 Å². The van der Waals surface area contributed by atoms with E-state index in [2.05, 4.69) is 10.4 Å². The van der Waals surface area contributed by atoms with Gasteiger partial charge >= 0.3 is 6.18 Å². The summed E-state index contributed by atoms with van der Waals surface area (Å²) in [5.74, 6) is -0.539. The van der Waals surface area contributed by atoms with Crippen molar-refractivity contribution in [3.8, 4) is 0 Å². The molecule has 126 valence electrons. The van der Waals surface area contributed by atoms with Crippen LogP contribution in [0.4, 0.5) is 18.9 Å². The van der Waals surface area contributed by atoms with Crippen LogP contribution >= 0.6 is 34.5 Å². The molecule has 3 rings (SSSR count). The van der Waals surface area contributed by atoms with Gasteiger partial charge in [-0.3, -0.25) is 9.48 Å². The van der Waals surface area contributed by atoms with Crippen LogP contribution in [-0.2, 0) is 13.2 Å². The normalized spacial score (nSPS) is 11.9. The second-order valence-corrected chi connectivity index (χ2v) is 6.73. The molecule has 0 saturated carbocycles. The number of thiophene rings is 1. The van der Waals surface area contributed by atoms with Gasteiger partial charge in [-0.2, -0.15) is 18.3 Å². The first-order valence-electron chi connectivity index (χ1n) is 6.47. The van der Waals surface area contributed by atoms with Gasteiger partial charge in [-0.25, -0.2) is 0 Å². The molecule has 0 fully saturated rings. The molecule has 3 aromatic rings. The molecule has 0 radical (unpaired) electrons. The molecule has 2 aromatic heterocycles. The second kappa shape index (κ2) is 5.94. The molecular weight excluding hydrogens is 386 g/mol. The number of amides is 1. The molecule has 0 bridgehead atoms. The zero-order valence-electron chi connectivity index (χ0n) is 11.9. The summed E-state index contributed by atoms with van der Waals surface area (Å²) in [4.78, 5) is 12.7. The molecule has 10 heteroatoms. The van der Waals surface area contributed by atoms with Crippen LogP contribution in [0.2, 0.25) is 10.0 Å². The third-order valence-electron chi connectivity index (χ3n) is 3.18. The molecule has 0 saturated heterocycles. The van der Waals surface area contributed by atoms with Gasteiger partial charge in [-0.1, -0.05) is 23.2 Å². The van der Waals surface area contributed by atoms with Crippen molar-refractivity contribution in [1.82, 2.24) is 9.78 Å². The maximum atomic E-state index is 13.0. The zero-order chi connectivity index (χ0) is 17.6. The average Bonchev–Trinajstić information content (AvgIpc) is 3.03. The van der Waals surface area contributed by atoms with Crippen LogP contribution in [-0.4, -0.2) is 15.7 Å². The number of nitrogens with one attached hydrogen (secondary N) is 1. The number of fused-ring (bicyclic) bond motifs is 1. The topological polar surface area (TPSA) is 46.9 Å². The van der Waals surface area contributed by atoms with Gasteiger partial charge in [-0.05, 0) is 24.3 Å². The lowest BCUT2D eigenvalue weighted by atomic mass is 10.2. The highest BCUT2D eigenvalue weighted by molar-refractivity contribution is 7.20. The minimum Gasteiger partial charge on any atom is -0.321 e. The molecule has 1 amide bonds. The smallest absolute Gasteiger partial charge is 0.321 e. The number of nitrogens with zero attached hydrogens (tertiary/aromatic N) is 2. The third-order valence-corrected chi connectivity index (χ3v) is 5.12. The van der Waals surface area contributed by atoms with E-state index in [0.29, 0.717) is 10.7 Å². The van der Waals surface area contributed by atoms with Gasteiger partial charge in [0, 0.05) is 18.1 Å². The van der Waals surface area contributed by atoms with Gasteiger partial charge in [0.05, 0.1) is 14.9 Å². The lowest BCUT2D eigenvalue weighted by Crippen LogP contribution is -2.10. The maximum Gasteiger partial charge on any atom is 0.435 e. The molecule has 4 nitrogen and oxygen atoms in total. The highest BCUT2D eigenvalue weighted by Gasteiger charge is 2.37. The predicted molar refractivity (Wildman–Crippen MR) is 88.0 cm³/mol. The molecular formula is C14H8Cl2F3N3OS. The predicted octanol–water partition coefficient (Wildman–Crippen LogP) is 5.21. The van der Waals surface area contributed by atoms with E-state index in [4.69, 9.17) is 23.2 Å². The number of hydrogen-bond acceptors (Lipinski definition) is 3. The minimum atomic E-state index is -4.59. The molecule has 24 heavy (non-hydrogen) atoms. The molecule has 0 aliphatic heterocycles. The van der Waals surface area contributed by atoms with Crippen LogP contribution in [0.25, 0.3) is 10.2 Å². The van der Waals surface area contributed by atoms with E-state index in [0.717, 1.165) is 16.0 Å². The van der Waals surface area contributed by atoms with Gasteiger partial charge in [0.25, 0.3) is 5.91 Å². The summed E-state index contributed by atoms with van der Waals surface area (Å²) in [5, 5.41) is 6.52. The van der Waals surface area contributed by atoms with Crippen molar-refractivity contribution in [2.75, 3.05) is 5.32 Å². The quantitative estimate of drug-likeness (QED) is 0.649. The Kier molecular flexibility index (Phi) is 4.23. The fourth-order valence-corrected chi connectivity index (χ4v) is 3.39. The molecule has 0 spiro atoms. The first-order valence-corrected chi connectivity index (χ1v) is 8.04. The minimum absolute atomic E-state index is 0.103. The Morgan fingerprint density at radius 2 is 1.96 bits per heavy atom. The summed E-state index contributed by atoms with van der Waals surface area (Å²) in [6.07, 6.45) is -4.59. The van der Waals surface area contributed by atoms with Crippen LogP contribution in [0, 0.1) is 0 Å². The van der Waals surface area contributed by atoms with Crippen LogP contribution in [0.15, 0.2) is 24.3 Å². The van der Waals surface area contributed by atoms with Crippen molar-refractivity contribution in [3.63, 3.8) is 0 Å². The Bertz CT molecular complexity index is 949. The van der Waals surface area contributed by atoms with E-state index in [9.17, 15) is 18.0 Å². The number of aryl methyl sites for hydroxylation is 1. The van der Waals surface area contributed by atoms with Crippen molar-refractivity contribution in [3.05, 3.63) is 44.9 Å². The molecule has 0 unspecified atom stereocenters. The first-order chi connectivity index (χ1) is 11.2. The van der Waals surface area contributed by atoms with Gasteiger partial charge in [0.2, 0.25) is 0 Å². The lowest BCUT2D eigenvalue weighted by molar-refractivity contribution is -0.140. The Labute approximate surface area is 147 Å². The Hall–Kier alpha value is -1.77. The number of carbonyl (C=O) groups excluding carboxylic acids is 1. The van der Waals surface area contributed by atoms with E-state index in [-0.39, 0.29) is 20.1 Å². The zero-order valence-corrected chi connectivity index (χ0v) is 14.2. The number of benzene rings is 1. The number of carbonyl (C=O) groups is 1. The molecule has 1 N–H and O–H groups in total. The van der Waals surface area contributed by atoms with Gasteiger partial charge in [0.15, 0.2) is 5.69 Å². The maximum absolute atomic E-state index is 13.0. The van der Waals surface area contributed by atoms with Crippen LogP contribution in [0.3, 0.4) is 0 Å². The number of alkyl halides is 3. The summed E-state index contributed by atoms with van der Waals surface area (Å²) >= 11 is 12.6. The molecule has 1 aromatic carbocycles. The first kappa shape index (κ1) is 17.1. The monoisotopic (exact) mass is 393 g/mol. The van der Waals surface area contributed by atoms with Gasteiger partial charge < -0.3 is 5.32 Å². The highest BCUT2D eigenvalue weighted by atomic mass is 35.5. The van der Waals surface area contributed by atoms with Crippen molar-refractivity contribution in [1.29, 1.82) is 0 Å². The van der Waals surface area contributed by atoms with Crippen molar-refractivity contribution < 1.29 is 18.0 Å². The largest absolute Gasteiger partial charge is 0.435 e. The van der Waals surface area contributed by atoms with Crippen molar-refractivity contribution in [2.24, 2.45) is 7.05 Å². The number of anilines is 1. The summed E-state index contributed by atoms with van der Waals surface area (Å²) < 4.78 is 40.0. The van der Waals surface area contributed by atoms with E-state index in [1.165, 1.54) is 25.2 Å². The number of halogens is 5. The molecule has 0 atom stereocenters. The van der Waals surface area contributed by atoms with Crippen LogP contribution in [0.5, 0.6) is 0 Å². The Morgan fingerprint density at radius 1 is 1.25 bits per heavy atom. The summed E-state index contributed by atoms with van der Waals surface area (Å²) in [5.41, 5.74) is -0.620. The highest BCUT2D eigenvalue weighted by Crippen LogP contribution is 2.37. The fourth-order valence-electron chi connectivity index (χ4n) is 2.13. The standard InChI is InChI=1S/C14H8Cl2F3N3OS/c1-22-13-7(11(21-22)14(17,18)19)5-10(24-13)12(23)20-6-2-3-8(15)9(16)4-6/h2-5H,1H3,(H,20,23). The second-order valence-electron chi connectivity index (χ2n) is 4.88. The van der Waals surface area contributed by atoms with Crippen LogP contribution in [0.1, 0.15) is 15.4 Å². The number of hydrogen-bond donors (Lipinski definition) is 1. The van der Waals surface area contributed by atoms with Crippen molar-refractivity contribution in [2.45, 2.75) is 6.18 Å². The molecule has 2 heterocycles. The van der Waals surface area contributed by atoms with Gasteiger partial charge in [-0.15, -0.1) is 11.3 Å². The third kappa shape index (κ3) is 3.09. The Balaban J connectivity index is 1.94. The SMILES string of the molecule is Cn1nc(C(F)(F)F)c2cc(C(=O)Nc3ccc(Cl)c(Cl)c3)sc21. The van der Waals surface area contributed by atoms with Crippen molar-refractivity contribution >= 4 is 56.3 Å². The van der Waals surface area contributed by atoms with Crippen LogP contribution < -0.4 is 5.32 Å². The number of rotatable bonds is 2. The number of aromatic nitrogens is 2. The summed E-state index contributed by atoms with van der Waals surface area (Å²) in [7, 11) is 1.40. The molecule has 0 aliphatic rings. The van der Waals surface area contributed by atoms with E-state index in [1.54, 1.807) is 6.07 Å². The average molecular weight is 394 g/mol.